The SMILES string of the molecule is Cc1ccc(-c2nsc(C(F)(F)F)c2COc2c(F)cc(CCC(=O)O)cc2F)c(F)c1. The van der Waals surface area contributed by atoms with Gasteiger partial charge in [-0.3, -0.25) is 4.79 Å². The van der Waals surface area contributed by atoms with Crippen LogP contribution in [0.1, 0.15) is 28.0 Å². The lowest BCUT2D eigenvalue weighted by molar-refractivity contribution is -0.137. The maximum absolute atomic E-state index is 14.4. The van der Waals surface area contributed by atoms with Gasteiger partial charge >= 0.3 is 12.1 Å². The molecule has 11 heteroatoms. The second-order valence-corrected chi connectivity index (χ2v) is 7.66. The highest BCUT2D eigenvalue weighted by Gasteiger charge is 2.38. The van der Waals surface area contributed by atoms with E-state index >= 15 is 0 Å². The number of rotatable bonds is 7. The Hall–Kier alpha value is -3.08. The summed E-state index contributed by atoms with van der Waals surface area (Å²) in [6, 6.07) is 5.57. The highest BCUT2D eigenvalue weighted by Crippen LogP contribution is 2.41. The van der Waals surface area contributed by atoms with Gasteiger partial charge in [0.1, 0.15) is 17.3 Å². The molecular formula is C21H15F6NO3S. The van der Waals surface area contributed by atoms with Gasteiger partial charge in [-0.1, -0.05) is 6.07 Å². The molecule has 4 nitrogen and oxygen atoms in total. The first-order valence-electron chi connectivity index (χ1n) is 9.12. The molecule has 2 aromatic carbocycles. The van der Waals surface area contributed by atoms with Gasteiger partial charge in [0.15, 0.2) is 17.4 Å². The molecular weight excluding hydrogens is 460 g/mol. The molecule has 0 aliphatic heterocycles. The zero-order valence-electron chi connectivity index (χ0n) is 16.4. The van der Waals surface area contributed by atoms with E-state index in [4.69, 9.17) is 9.84 Å². The van der Waals surface area contributed by atoms with Crippen molar-refractivity contribution >= 4 is 17.5 Å². The number of halogens is 6. The number of hydrogen-bond acceptors (Lipinski definition) is 4. The zero-order valence-corrected chi connectivity index (χ0v) is 17.2. The third-order valence-corrected chi connectivity index (χ3v) is 5.41. The largest absolute Gasteiger partial charge is 0.483 e. The molecule has 0 atom stereocenters. The second kappa shape index (κ2) is 9.19. The quantitative estimate of drug-likeness (QED) is 0.417. The van der Waals surface area contributed by atoms with Gasteiger partial charge in [-0.15, -0.1) is 0 Å². The topological polar surface area (TPSA) is 59.4 Å². The molecule has 0 aliphatic carbocycles. The van der Waals surface area contributed by atoms with Crippen LogP contribution >= 0.6 is 11.5 Å². The third-order valence-electron chi connectivity index (χ3n) is 4.47. The van der Waals surface area contributed by atoms with E-state index in [9.17, 15) is 31.1 Å². The van der Waals surface area contributed by atoms with Gasteiger partial charge in [-0.05, 0) is 60.3 Å². The maximum atomic E-state index is 14.4. The molecule has 0 amide bonds. The minimum Gasteiger partial charge on any atom is -0.483 e. The fourth-order valence-corrected chi connectivity index (χ4v) is 3.74. The Morgan fingerprint density at radius 2 is 1.75 bits per heavy atom. The number of carbonyl (C=O) groups is 1. The van der Waals surface area contributed by atoms with Crippen LogP contribution in [0.2, 0.25) is 0 Å². The van der Waals surface area contributed by atoms with Crippen LogP contribution in [0, 0.1) is 24.4 Å². The molecule has 3 aromatic rings. The van der Waals surface area contributed by atoms with Crippen LogP contribution in [0.25, 0.3) is 11.3 Å². The average Bonchev–Trinajstić information content (AvgIpc) is 3.10. The number of benzene rings is 2. The minimum atomic E-state index is -4.84. The fourth-order valence-electron chi connectivity index (χ4n) is 2.98. The normalized spacial score (nSPS) is 11.6. The van der Waals surface area contributed by atoms with E-state index in [-0.39, 0.29) is 41.2 Å². The van der Waals surface area contributed by atoms with Crippen molar-refractivity contribution in [3.8, 4) is 17.0 Å². The lowest BCUT2D eigenvalue weighted by Gasteiger charge is -2.13. The van der Waals surface area contributed by atoms with Crippen LogP contribution in [0.3, 0.4) is 0 Å². The molecule has 0 fully saturated rings. The van der Waals surface area contributed by atoms with Crippen molar-refractivity contribution in [2.45, 2.75) is 32.5 Å². The first-order valence-corrected chi connectivity index (χ1v) is 9.89. The van der Waals surface area contributed by atoms with Crippen molar-refractivity contribution < 1.29 is 41.0 Å². The molecule has 0 saturated carbocycles. The molecule has 1 aromatic heterocycles. The van der Waals surface area contributed by atoms with Crippen molar-refractivity contribution in [3.63, 3.8) is 0 Å². The Bertz CT molecular complexity index is 1140. The summed E-state index contributed by atoms with van der Waals surface area (Å²) in [5.74, 6) is -5.30. The number of carboxylic acids is 1. The van der Waals surface area contributed by atoms with Crippen molar-refractivity contribution in [3.05, 3.63) is 69.4 Å². The Morgan fingerprint density at radius 3 is 2.31 bits per heavy atom. The van der Waals surface area contributed by atoms with Gasteiger partial charge in [0.05, 0.1) is 5.69 Å². The van der Waals surface area contributed by atoms with Crippen LogP contribution in [0.4, 0.5) is 26.3 Å². The summed E-state index contributed by atoms with van der Waals surface area (Å²) in [5.41, 5.74) is -0.503. The summed E-state index contributed by atoms with van der Waals surface area (Å²) in [5, 5.41) is 8.67. The molecule has 0 bridgehead atoms. The second-order valence-electron chi connectivity index (χ2n) is 6.89. The minimum absolute atomic E-state index is 0.0466. The third kappa shape index (κ3) is 5.21. The van der Waals surface area contributed by atoms with Crippen molar-refractivity contribution in [1.82, 2.24) is 4.37 Å². The van der Waals surface area contributed by atoms with Gasteiger partial charge in [0.2, 0.25) is 0 Å². The zero-order chi connectivity index (χ0) is 23.6. The average molecular weight is 475 g/mol. The lowest BCUT2D eigenvalue weighted by atomic mass is 10.0. The van der Waals surface area contributed by atoms with E-state index in [0.717, 1.165) is 18.2 Å². The number of aromatic nitrogens is 1. The lowest BCUT2D eigenvalue weighted by Crippen LogP contribution is -2.10. The summed E-state index contributed by atoms with van der Waals surface area (Å²) in [6.07, 6.45) is -5.35. The number of nitrogens with zero attached hydrogens (tertiary/aromatic N) is 1. The first-order chi connectivity index (χ1) is 15.0. The Kier molecular flexibility index (Phi) is 6.77. The van der Waals surface area contributed by atoms with Gasteiger partial charge in [0.25, 0.3) is 0 Å². The van der Waals surface area contributed by atoms with Crippen molar-refractivity contribution in [2.75, 3.05) is 0 Å². The molecule has 1 heterocycles. The number of carboxylic acid groups (broad SMARTS) is 1. The van der Waals surface area contributed by atoms with E-state index in [1.165, 1.54) is 12.1 Å². The summed E-state index contributed by atoms with van der Waals surface area (Å²) in [4.78, 5) is 9.44. The Balaban J connectivity index is 1.95. The van der Waals surface area contributed by atoms with Gasteiger partial charge in [-0.2, -0.15) is 17.5 Å². The molecule has 170 valence electrons. The van der Waals surface area contributed by atoms with E-state index < -0.39 is 52.4 Å². The number of ether oxygens (including phenoxy) is 1. The number of hydrogen-bond donors (Lipinski definition) is 1. The molecule has 0 radical (unpaired) electrons. The first kappa shape index (κ1) is 23.6. The molecule has 0 saturated heterocycles. The van der Waals surface area contributed by atoms with E-state index in [1.54, 1.807) is 6.92 Å². The van der Waals surface area contributed by atoms with Crippen molar-refractivity contribution in [2.24, 2.45) is 0 Å². The van der Waals surface area contributed by atoms with Gasteiger partial charge < -0.3 is 9.84 Å². The molecule has 0 unspecified atom stereocenters. The molecule has 32 heavy (non-hydrogen) atoms. The van der Waals surface area contributed by atoms with E-state index in [2.05, 4.69) is 4.37 Å². The van der Waals surface area contributed by atoms with Gasteiger partial charge in [-0.25, -0.2) is 13.2 Å². The van der Waals surface area contributed by atoms with Crippen LogP contribution in [0.15, 0.2) is 30.3 Å². The Labute approximate surface area is 182 Å². The van der Waals surface area contributed by atoms with Gasteiger partial charge in [0, 0.05) is 17.5 Å². The van der Waals surface area contributed by atoms with Crippen LogP contribution in [-0.2, 0) is 24.0 Å². The highest BCUT2D eigenvalue weighted by atomic mass is 32.1. The number of aliphatic carboxylic acids is 1. The predicted molar refractivity (Wildman–Crippen MR) is 104 cm³/mol. The smallest absolute Gasteiger partial charge is 0.427 e. The fraction of sp³-hybridized carbons (Fsp3) is 0.238. The van der Waals surface area contributed by atoms with Crippen LogP contribution in [0.5, 0.6) is 5.75 Å². The highest BCUT2D eigenvalue weighted by molar-refractivity contribution is 7.06. The molecule has 1 N–H and O–H groups in total. The molecule has 0 spiro atoms. The summed E-state index contributed by atoms with van der Waals surface area (Å²) in [6.45, 7) is 0.682. The van der Waals surface area contributed by atoms with E-state index in [1.807, 2.05) is 0 Å². The van der Waals surface area contributed by atoms with Crippen molar-refractivity contribution in [1.29, 1.82) is 0 Å². The van der Waals surface area contributed by atoms with Crippen LogP contribution < -0.4 is 4.74 Å². The molecule has 0 aliphatic rings. The number of aryl methyl sites for hydroxylation is 2. The molecule has 3 rings (SSSR count). The Morgan fingerprint density at radius 1 is 1.09 bits per heavy atom. The number of alkyl halides is 3. The summed E-state index contributed by atoms with van der Waals surface area (Å²) < 4.78 is 92.1. The predicted octanol–water partition coefficient (Wildman–Crippen LogP) is 6.15. The van der Waals surface area contributed by atoms with Crippen LogP contribution in [-0.4, -0.2) is 15.4 Å². The summed E-state index contributed by atoms with van der Waals surface area (Å²) in [7, 11) is 0. The summed E-state index contributed by atoms with van der Waals surface area (Å²) >= 11 is 0.0814. The van der Waals surface area contributed by atoms with E-state index in [0.29, 0.717) is 5.56 Å². The maximum Gasteiger partial charge on any atom is 0.427 e. The standard InChI is InChI=1S/C21H15F6NO3S/c1-10-2-4-12(14(22)6-10)18-13(20(32-28-18)21(25,26)27)9-31-19-15(23)7-11(8-16(19)24)3-5-17(29)30/h2,4,6-8H,3,5,9H2,1H3,(H,29,30). The monoisotopic (exact) mass is 475 g/mol.